The summed E-state index contributed by atoms with van der Waals surface area (Å²) < 4.78 is 0. The van der Waals surface area contributed by atoms with Crippen molar-refractivity contribution >= 4 is 29.3 Å². The van der Waals surface area contributed by atoms with Crippen molar-refractivity contribution in [3.63, 3.8) is 0 Å². The molecule has 2 unspecified atom stereocenters. The molecule has 0 aliphatic carbocycles. The molecule has 0 radical (unpaired) electrons. The fraction of sp³-hybridized carbons (Fsp3) is 0.357. The Morgan fingerprint density at radius 3 is 2.86 bits per heavy atom. The van der Waals surface area contributed by atoms with Gasteiger partial charge in [-0.1, -0.05) is 18.5 Å². The Hall–Kier alpha value is -2.26. The Morgan fingerprint density at radius 1 is 1.52 bits per heavy atom. The molecule has 0 bridgehead atoms. The van der Waals surface area contributed by atoms with E-state index >= 15 is 0 Å². The van der Waals surface area contributed by atoms with E-state index in [1.807, 2.05) is 6.07 Å². The highest BCUT2D eigenvalue weighted by Crippen LogP contribution is 2.26. The molecule has 1 aromatic rings. The van der Waals surface area contributed by atoms with Gasteiger partial charge in [0, 0.05) is 11.6 Å². The molecule has 0 aromatic heterocycles. The largest absolute Gasteiger partial charge is 0.480 e. The van der Waals surface area contributed by atoms with Crippen molar-refractivity contribution in [2.24, 2.45) is 5.92 Å². The van der Waals surface area contributed by atoms with Crippen LogP contribution in [0.15, 0.2) is 18.2 Å². The summed E-state index contributed by atoms with van der Waals surface area (Å²) in [4.78, 5) is 24.8. The first-order valence-electron chi connectivity index (χ1n) is 6.44. The van der Waals surface area contributed by atoms with E-state index in [0.717, 1.165) is 0 Å². The average molecular weight is 308 g/mol. The number of rotatable bonds is 2. The van der Waals surface area contributed by atoms with E-state index in [1.165, 1.54) is 17.0 Å². The molecule has 2 atom stereocenters. The van der Waals surface area contributed by atoms with Gasteiger partial charge in [0.1, 0.15) is 12.1 Å². The molecule has 1 saturated heterocycles. The summed E-state index contributed by atoms with van der Waals surface area (Å²) in [6.45, 7) is 2.17. The number of anilines is 1. The van der Waals surface area contributed by atoms with Gasteiger partial charge in [-0.15, -0.1) is 0 Å². The zero-order chi connectivity index (χ0) is 15.6. The maximum atomic E-state index is 12.3. The second kappa shape index (κ2) is 6.02. The average Bonchev–Trinajstić information content (AvgIpc) is 2.81. The number of hydrogen-bond donors (Lipinski definition) is 2. The second-order valence-corrected chi connectivity index (χ2v) is 5.41. The molecule has 0 spiro atoms. The topological polar surface area (TPSA) is 93.4 Å². The van der Waals surface area contributed by atoms with E-state index in [0.29, 0.717) is 18.0 Å². The number of carboxylic acid groups (broad SMARTS) is 1. The maximum Gasteiger partial charge on any atom is 0.326 e. The van der Waals surface area contributed by atoms with E-state index in [9.17, 15) is 14.7 Å². The lowest BCUT2D eigenvalue weighted by molar-refractivity contribution is -0.142. The maximum absolute atomic E-state index is 12.3. The minimum Gasteiger partial charge on any atom is -0.480 e. The van der Waals surface area contributed by atoms with Crippen LogP contribution < -0.4 is 5.32 Å². The monoisotopic (exact) mass is 307 g/mol. The van der Waals surface area contributed by atoms with Crippen molar-refractivity contribution < 1.29 is 14.7 Å². The molecular weight excluding hydrogens is 294 g/mol. The lowest BCUT2D eigenvalue weighted by atomic mass is 10.0. The van der Waals surface area contributed by atoms with Crippen LogP contribution in [0.25, 0.3) is 0 Å². The first kappa shape index (κ1) is 15.1. The SMILES string of the molecule is CC1CCN(C(=O)Nc2cc(Cl)ccc2C#N)C1C(=O)O. The standard InChI is InChI=1S/C14H14ClN3O3/c1-8-4-5-18(12(8)13(19)20)14(21)17-11-6-10(15)3-2-9(11)7-16/h2-3,6,8,12H,4-5H2,1H3,(H,17,21)(H,19,20). The number of aliphatic carboxylic acids is 1. The van der Waals surface area contributed by atoms with Crippen LogP contribution in [0.4, 0.5) is 10.5 Å². The predicted octanol–water partition coefficient (Wildman–Crippen LogP) is 2.54. The summed E-state index contributed by atoms with van der Waals surface area (Å²) >= 11 is 5.85. The number of urea groups is 1. The van der Waals surface area contributed by atoms with Crippen molar-refractivity contribution in [1.82, 2.24) is 4.90 Å². The van der Waals surface area contributed by atoms with Crippen LogP contribution in [0, 0.1) is 17.2 Å². The number of amides is 2. The number of hydrogen-bond acceptors (Lipinski definition) is 3. The van der Waals surface area contributed by atoms with Crippen LogP contribution in [-0.2, 0) is 4.79 Å². The van der Waals surface area contributed by atoms with Gasteiger partial charge in [0.25, 0.3) is 0 Å². The Kier molecular flexibility index (Phi) is 4.34. The van der Waals surface area contributed by atoms with Crippen LogP contribution in [0.1, 0.15) is 18.9 Å². The first-order chi connectivity index (χ1) is 9.93. The number of nitriles is 1. The van der Waals surface area contributed by atoms with Crippen molar-refractivity contribution in [3.8, 4) is 6.07 Å². The minimum atomic E-state index is -1.03. The first-order valence-corrected chi connectivity index (χ1v) is 6.82. The van der Waals surface area contributed by atoms with Gasteiger partial charge in [0.05, 0.1) is 11.3 Å². The van der Waals surface area contributed by atoms with E-state index in [4.69, 9.17) is 16.9 Å². The lowest BCUT2D eigenvalue weighted by Gasteiger charge is -2.23. The van der Waals surface area contributed by atoms with Crippen molar-refractivity contribution in [1.29, 1.82) is 5.26 Å². The van der Waals surface area contributed by atoms with Crippen molar-refractivity contribution in [3.05, 3.63) is 28.8 Å². The number of nitrogens with zero attached hydrogens (tertiary/aromatic N) is 2. The summed E-state index contributed by atoms with van der Waals surface area (Å²) in [6, 6.07) is 5.08. The van der Waals surface area contributed by atoms with Gasteiger partial charge in [-0.25, -0.2) is 9.59 Å². The molecule has 110 valence electrons. The molecule has 2 amide bonds. The predicted molar refractivity (Wildman–Crippen MR) is 77.1 cm³/mol. The summed E-state index contributed by atoms with van der Waals surface area (Å²) in [5, 5.41) is 21.2. The van der Waals surface area contributed by atoms with Gasteiger partial charge in [-0.05, 0) is 30.5 Å². The van der Waals surface area contributed by atoms with Crippen LogP contribution in [0.5, 0.6) is 0 Å². The normalized spacial score (nSPS) is 20.9. The molecule has 1 aliphatic rings. The van der Waals surface area contributed by atoms with Crippen LogP contribution in [-0.4, -0.2) is 34.6 Å². The quantitative estimate of drug-likeness (QED) is 0.878. The minimum absolute atomic E-state index is 0.108. The van der Waals surface area contributed by atoms with Gasteiger partial charge in [0.2, 0.25) is 0 Å². The Labute approximate surface area is 126 Å². The second-order valence-electron chi connectivity index (χ2n) is 4.97. The van der Waals surface area contributed by atoms with Crippen molar-refractivity contribution in [2.45, 2.75) is 19.4 Å². The molecule has 1 heterocycles. The lowest BCUT2D eigenvalue weighted by Crippen LogP contribution is -2.44. The smallest absolute Gasteiger partial charge is 0.326 e. The molecule has 2 rings (SSSR count). The van der Waals surface area contributed by atoms with E-state index in [2.05, 4.69) is 5.32 Å². The highest BCUT2D eigenvalue weighted by Gasteiger charge is 2.39. The third kappa shape index (κ3) is 3.09. The Balaban J connectivity index is 2.21. The van der Waals surface area contributed by atoms with Gasteiger partial charge in [-0.2, -0.15) is 5.26 Å². The Morgan fingerprint density at radius 2 is 2.24 bits per heavy atom. The number of benzene rings is 1. The highest BCUT2D eigenvalue weighted by atomic mass is 35.5. The molecule has 1 aromatic carbocycles. The molecule has 1 aliphatic heterocycles. The highest BCUT2D eigenvalue weighted by molar-refractivity contribution is 6.31. The van der Waals surface area contributed by atoms with Crippen LogP contribution in [0.2, 0.25) is 5.02 Å². The molecule has 2 N–H and O–H groups in total. The van der Waals surface area contributed by atoms with E-state index < -0.39 is 18.0 Å². The van der Waals surface area contributed by atoms with Crippen molar-refractivity contribution in [2.75, 3.05) is 11.9 Å². The number of likely N-dealkylation sites (tertiary alicyclic amines) is 1. The van der Waals surface area contributed by atoms with Crippen LogP contribution in [0.3, 0.4) is 0 Å². The molecule has 7 heteroatoms. The summed E-state index contributed by atoms with van der Waals surface area (Å²) in [7, 11) is 0. The molecular formula is C14H14ClN3O3. The van der Waals surface area contributed by atoms with Gasteiger partial charge in [0.15, 0.2) is 0 Å². The number of carbonyl (C=O) groups excluding carboxylic acids is 1. The Bertz CT molecular complexity index is 626. The summed E-state index contributed by atoms with van der Waals surface area (Å²) in [5.41, 5.74) is 0.547. The van der Waals surface area contributed by atoms with Gasteiger partial charge < -0.3 is 15.3 Å². The zero-order valence-electron chi connectivity index (χ0n) is 11.3. The zero-order valence-corrected chi connectivity index (χ0v) is 12.1. The van der Waals surface area contributed by atoms with Gasteiger partial charge >= 0.3 is 12.0 Å². The number of carboxylic acids is 1. The molecule has 0 saturated carbocycles. The molecule has 21 heavy (non-hydrogen) atoms. The third-order valence-electron chi connectivity index (χ3n) is 3.56. The molecule has 1 fully saturated rings. The number of nitrogens with one attached hydrogen (secondary N) is 1. The third-order valence-corrected chi connectivity index (χ3v) is 3.79. The van der Waals surface area contributed by atoms with E-state index in [-0.39, 0.29) is 17.2 Å². The van der Waals surface area contributed by atoms with E-state index in [1.54, 1.807) is 13.0 Å². The van der Waals surface area contributed by atoms with Crippen LogP contribution >= 0.6 is 11.6 Å². The van der Waals surface area contributed by atoms with Gasteiger partial charge in [-0.3, -0.25) is 0 Å². The molecule has 6 nitrogen and oxygen atoms in total. The fourth-order valence-corrected chi connectivity index (χ4v) is 2.63. The summed E-state index contributed by atoms with van der Waals surface area (Å²) in [6.07, 6.45) is 0.630. The fourth-order valence-electron chi connectivity index (χ4n) is 2.46. The summed E-state index contributed by atoms with van der Waals surface area (Å²) in [5.74, 6) is -1.13. The number of carbonyl (C=O) groups is 2. The number of halogens is 1.